The van der Waals surface area contributed by atoms with Crippen LogP contribution in [0.3, 0.4) is 0 Å². The van der Waals surface area contributed by atoms with Crippen LogP contribution in [0.15, 0.2) is 17.0 Å². The average molecular weight is 495 g/mol. The maximum Gasteiger partial charge on any atom is 0.243 e. The quantitative estimate of drug-likeness (QED) is 0.531. The lowest BCUT2D eigenvalue weighted by molar-refractivity contribution is -0.131. The first-order valence-corrected chi connectivity index (χ1v) is 13.9. The Balaban J connectivity index is 1.43. The summed E-state index contributed by atoms with van der Waals surface area (Å²) in [6.07, 6.45) is 5.16. The van der Waals surface area contributed by atoms with E-state index < -0.39 is 10.0 Å². The molecule has 3 rings (SSSR count). The van der Waals surface area contributed by atoms with Gasteiger partial charge in [0.05, 0.1) is 4.90 Å². The van der Waals surface area contributed by atoms with E-state index in [1.54, 1.807) is 20.9 Å². The Labute approximate surface area is 205 Å². The molecule has 2 aliphatic heterocycles. The highest BCUT2D eigenvalue weighted by Crippen LogP contribution is 2.27. The minimum absolute atomic E-state index is 0.0657. The van der Waals surface area contributed by atoms with Gasteiger partial charge in [-0.25, -0.2) is 12.7 Å². The number of aryl methyl sites for hydroxylation is 2. The second-order valence-electron chi connectivity index (χ2n) is 10.2. The van der Waals surface area contributed by atoms with Crippen molar-refractivity contribution in [2.45, 2.75) is 69.4 Å². The lowest BCUT2D eigenvalue weighted by Gasteiger charge is -2.35. The van der Waals surface area contributed by atoms with E-state index in [0.717, 1.165) is 32.6 Å². The molecule has 8 nitrogen and oxygen atoms in total. The second kappa shape index (κ2) is 11.4. The van der Waals surface area contributed by atoms with Crippen LogP contribution in [0.1, 0.15) is 49.7 Å². The summed E-state index contributed by atoms with van der Waals surface area (Å²) >= 11 is 0. The highest BCUT2D eigenvalue weighted by atomic mass is 32.2. The predicted molar refractivity (Wildman–Crippen MR) is 135 cm³/mol. The zero-order valence-electron chi connectivity index (χ0n) is 21.5. The lowest BCUT2D eigenvalue weighted by Crippen LogP contribution is -2.45. The van der Waals surface area contributed by atoms with Gasteiger partial charge < -0.3 is 14.9 Å². The third-order valence-electron chi connectivity index (χ3n) is 7.57. The Kier molecular flexibility index (Phi) is 9.00. The fourth-order valence-corrected chi connectivity index (χ4v) is 6.99. The smallest absolute Gasteiger partial charge is 0.243 e. The predicted octanol–water partition coefficient (Wildman–Crippen LogP) is 2.43. The van der Waals surface area contributed by atoms with Crippen LogP contribution in [-0.4, -0.2) is 104 Å². The Hall–Kier alpha value is -1.68. The molecule has 2 heterocycles. The summed E-state index contributed by atoms with van der Waals surface area (Å²) in [6.45, 7) is 8.07. The number of rotatable bonds is 9. The summed E-state index contributed by atoms with van der Waals surface area (Å²) in [4.78, 5) is 19.9. The zero-order valence-corrected chi connectivity index (χ0v) is 22.3. The Morgan fingerprint density at radius 1 is 1.06 bits per heavy atom. The number of hydrogen-bond donors (Lipinski definition) is 1. The van der Waals surface area contributed by atoms with E-state index in [9.17, 15) is 18.3 Å². The summed E-state index contributed by atoms with van der Waals surface area (Å²) in [5.41, 5.74) is 1.07. The van der Waals surface area contributed by atoms with Crippen LogP contribution >= 0.6 is 0 Å². The first kappa shape index (κ1) is 26.9. The first-order chi connectivity index (χ1) is 16.0. The summed E-state index contributed by atoms with van der Waals surface area (Å²) in [5, 5.41) is 9.71. The Bertz CT molecular complexity index is 937. The fraction of sp³-hybridized carbons (Fsp3) is 0.720. The normalized spacial score (nSPS) is 20.8. The van der Waals surface area contributed by atoms with Gasteiger partial charge >= 0.3 is 0 Å². The van der Waals surface area contributed by atoms with Crippen molar-refractivity contribution >= 4 is 15.9 Å². The number of nitrogens with zero attached hydrogens (tertiary/aromatic N) is 4. The van der Waals surface area contributed by atoms with E-state index in [-0.39, 0.29) is 22.6 Å². The van der Waals surface area contributed by atoms with Gasteiger partial charge in [0, 0.05) is 52.2 Å². The summed E-state index contributed by atoms with van der Waals surface area (Å²) in [6, 6.07) is 3.86. The molecule has 1 aromatic carbocycles. The molecule has 192 valence electrons. The van der Waals surface area contributed by atoms with E-state index in [4.69, 9.17) is 0 Å². The number of amides is 1. The van der Waals surface area contributed by atoms with Crippen molar-refractivity contribution in [3.63, 3.8) is 0 Å². The third-order valence-corrected chi connectivity index (χ3v) is 9.73. The van der Waals surface area contributed by atoms with Crippen LogP contribution in [0.2, 0.25) is 0 Å². The van der Waals surface area contributed by atoms with E-state index in [0.29, 0.717) is 43.0 Å². The molecular formula is C25H42N4O4S. The molecule has 1 atom stereocenters. The highest BCUT2D eigenvalue weighted by molar-refractivity contribution is 7.89. The van der Waals surface area contributed by atoms with Crippen molar-refractivity contribution in [1.29, 1.82) is 0 Å². The van der Waals surface area contributed by atoms with Crippen LogP contribution in [-0.2, 0) is 14.8 Å². The molecule has 2 fully saturated rings. The van der Waals surface area contributed by atoms with Crippen molar-refractivity contribution in [2.24, 2.45) is 0 Å². The van der Waals surface area contributed by atoms with Crippen LogP contribution < -0.4 is 0 Å². The van der Waals surface area contributed by atoms with Crippen molar-refractivity contribution in [1.82, 2.24) is 19.0 Å². The van der Waals surface area contributed by atoms with Crippen LogP contribution in [0.25, 0.3) is 0 Å². The SMILES string of the molecule is Cc1cc(O)cc(C)c1S(=O)(=O)N(C)CCCCC(=O)N(C)C1CCN(C2CCN(C)CC2)C1. The van der Waals surface area contributed by atoms with Gasteiger partial charge in [0.25, 0.3) is 0 Å². The Morgan fingerprint density at radius 2 is 1.68 bits per heavy atom. The largest absolute Gasteiger partial charge is 0.508 e. The maximum absolute atomic E-state index is 13.0. The number of piperidine rings is 1. The first-order valence-electron chi connectivity index (χ1n) is 12.5. The summed E-state index contributed by atoms with van der Waals surface area (Å²) in [5.74, 6) is 0.210. The number of aromatic hydroxyl groups is 1. The topological polar surface area (TPSA) is 84.4 Å². The molecule has 0 saturated carbocycles. The van der Waals surface area contributed by atoms with Gasteiger partial charge in [0.1, 0.15) is 5.75 Å². The molecule has 2 aliphatic rings. The summed E-state index contributed by atoms with van der Waals surface area (Å²) < 4.78 is 27.4. The van der Waals surface area contributed by atoms with Gasteiger partial charge in [-0.1, -0.05) is 0 Å². The molecule has 1 N–H and O–H groups in total. The molecule has 9 heteroatoms. The molecule has 0 aliphatic carbocycles. The van der Waals surface area contributed by atoms with E-state index in [2.05, 4.69) is 16.8 Å². The minimum atomic E-state index is -3.65. The van der Waals surface area contributed by atoms with Crippen molar-refractivity contribution < 1.29 is 18.3 Å². The number of unbranched alkanes of at least 4 members (excludes halogenated alkanes) is 1. The highest BCUT2D eigenvalue weighted by Gasteiger charge is 2.33. The molecule has 0 radical (unpaired) electrons. The monoisotopic (exact) mass is 494 g/mol. The van der Waals surface area contributed by atoms with Crippen molar-refractivity contribution in [2.75, 3.05) is 53.9 Å². The van der Waals surface area contributed by atoms with Crippen molar-refractivity contribution in [3.8, 4) is 5.75 Å². The van der Waals surface area contributed by atoms with Gasteiger partial charge in [-0.15, -0.1) is 0 Å². The van der Waals surface area contributed by atoms with E-state index in [1.165, 1.54) is 29.3 Å². The van der Waals surface area contributed by atoms with Gasteiger partial charge in [0.2, 0.25) is 15.9 Å². The summed E-state index contributed by atoms with van der Waals surface area (Å²) in [7, 11) is 2.02. The number of carbonyl (C=O) groups excluding carboxylic acids is 1. The molecule has 2 saturated heterocycles. The number of hydrogen-bond acceptors (Lipinski definition) is 6. The standard InChI is InChI=1S/C25H42N4O4S/c1-19-16-23(30)17-20(2)25(19)34(32,33)27(4)12-7-6-8-24(31)28(5)22-11-15-29(18-22)21-9-13-26(3)14-10-21/h16-17,21-22,30H,6-15,18H2,1-5H3. The van der Waals surface area contributed by atoms with E-state index in [1.807, 2.05) is 11.9 Å². The molecule has 0 bridgehead atoms. The van der Waals surface area contributed by atoms with Gasteiger partial charge in [0.15, 0.2) is 0 Å². The number of likely N-dealkylation sites (N-methyl/N-ethyl adjacent to an activating group) is 1. The maximum atomic E-state index is 13.0. The zero-order chi connectivity index (χ0) is 25.0. The fourth-order valence-electron chi connectivity index (χ4n) is 5.38. The molecule has 0 aromatic heterocycles. The second-order valence-corrected chi connectivity index (χ2v) is 12.2. The number of benzene rings is 1. The van der Waals surface area contributed by atoms with Gasteiger partial charge in [-0.2, -0.15) is 0 Å². The number of phenolic OH excluding ortho intramolecular Hbond substituents is 1. The third kappa shape index (κ3) is 6.30. The van der Waals surface area contributed by atoms with Gasteiger partial charge in [-0.05, 0) is 89.3 Å². The number of sulfonamides is 1. The van der Waals surface area contributed by atoms with Crippen LogP contribution in [0, 0.1) is 13.8 Å². The number of carbonyl (C=O) groups is 1. The number of phenols is 1. The van der Waals surface area contributed by atoms with Crippen LogP contribution in [0.5, 0.6) is 5.75 Å². The molecular weight excluding hydrogens is 452 g/mol. The molecule has 1 aromatic rings. The molecule has 1 unspecified atom stereocenters. The average Bonchev–Trinajstić information content (AvgIpc) is 3.25. The lowest BCUT2D eigenvalue weighted by atomic mass is 10.0. The number of likely N-dealkylation sites (tertiary alicyclic amines) is 2. The molecule has 0 spiro atoms. The molecule has 34 heavy (non-hydrogen) atoms. The minimum Gasteiger partial charge on any atom is -0.508 e. The molecule has 1 amide bonds. The van der Waals surface area contributed by atoms with Crippen molar-refractivity contribution in [3.05, 3.63) is 23.3 Å². The Morgan fingerprint density at radius 3 is 2.29 bits per heavy atom. The van der Waals surface area contributed by atoms with Gasteiger partial charge in [-0.3, -0.25) is 9.69 Å². The van der Waals surface area contributed by atoms with E-state index >= 15 is 0 Å². The van der Waals surface area contributed by atoms with Crippen LogP contribution in [0.4, 0.5) is 0 Å².